The zero-order valence-corrected chi connectivity index (χ0v) is 11.0. The van der Waals surface area contributed by atoms with E-state index in [4.69, 9.17) is 4.74 Å². The van der Waals surface area contributed by atoms with Crippen molar-refractivity contribution in [2.45, 2.75) is 45.4 Å². The van der Waals surface area contributed by atoms with Crippen molar-refractivity contribution in [2.24, 2.45) is 5.92 Å². The van der Waals surface area contributed by atoms with E-state index in [9.17, 15) is 0 Å². The molecule has 1 saturated heterocycles. The molecule has 0 spiro atoms. The van der Waals surface area contributed by atoms with Crippen molar-refractivity contribution >= 4 is 0 Å². The average molecular weight is 237 g/mol. The number of aromatic nitrogens is 2. The highest BCUT2D eigenvalue weighted by Gasteiger charge is 2.32. The van der Waals surface area contributed by atoms with Crippen LogP contribution in [-0.2, 0) is 11.3 Å². The van der Waals surface area contributed by atoms with Crippen LogP contribution in [0.4, 0.5) is 0 Å². The molecule has 3 unspecified atom stereocenters. The van der Waals surface area contributed by atoms with Crippen molar-refractivity contribution in [3.05, 3.63) is 18.0 Å². The lowest BCUT2D eigenvalue weighted by Crippen LogP contribution is -2.32. The minimum atomic E-state index is 0.262. The minimum absolute atomic E-state index is 0.262. The SMILES string of the molecule is CCCn1cc(C(NC)C2OCCC2C)cn1. The number of rotatable bonds is 5. The molecule has 1 aromatic rings. The summed E-state index contributed by atoms with van der Waals surface area (Å²) in [6, 6.07) is 0.262. The highest BCUT2D eigenvalue weighted by Crippen LogP contribution is 2.30. The highest BCUT2D eigenvalue weighted by atomic mass is 16.5. The fourth-order valence-electron chi connectivity index (χ4n) is 2.56. The van der Waals surface area contributed by atoms with E-state index < -0.39 is 0 Å². The predicted molar refractivity (Wildman–Crippen MR) is 67.8 cm³/mol. The standard InChI is InChI=1S/C13H23N3O/c1-4-6-16-9-11(8-15-16)12(14-3)13-10(2)5-7-17-13/h8-10,12-14H,4-7H2,1-3H3. The van der Waals surface area contributed by atoms with Gasteiger partial charge in [0.15, 0.2) is 0 Å². The van der Waals surface area contributed by atoms with Gasteiger partial charge in [-0.1, -0.05) is 13.8 Å². The van der Waals surface area contributed by atoms with Gasteiger partial charge in [-0.15, -0.1) is 0 Å². The number of hydrogen-bond donors (Lipinski definition) is 1. The molecule has 0 aliphatic carbocycles. The van der Waals surface area contributed by atoms with Gasteiger partial charge in [0.1, 0.15) is 0 Å². The summed E-state index contributed by atoms with van der Waals surface area (Å²) in [5.74, 6) is 0.613. The first-order chi connectivity index (χ1) is 8.26. The molecule has 2 heterocycles. The van der Waals surface area contributed by atoms with Crippen LogP contribution < -0.4 is 5.32 Å². The molecule has 4 heteroatoms. The molecule has 0 radical (unpaired) electrons. The summed E-state index contributed by atoms with van der Waals surface area (Å²) in [7, 11) is 2.00. The van der Waals surface area contributed by atoms with Crippen LogP contribution in [0.2, 0.25) is 0 Å². The van der Waals surface area contributed by atoms with Crippen LogP contribution in [0.15, 0.2) is 12.4 Å². The van der Waals surface area contributed by atoms with E-state index in [0.717, 1.165) is 26.0 Å². The molecule has 3 atom stereocenters. The third-order valence-corrected chi connectivity index (χ3v) is 3.55. The Morgan fingerprint density at radius 1 is 1.65 bits per heavy atom. The zero-order chi connectivity index (χ0) is 12.3. The topological polar surface area (TPSA) is 39.1 Å². The smallest absolute Gasteiger partial charge is 0.0797 e. The quantitative estimate of drug-likeness (QED) is 0.851. The largest absolute Gasteiger partial charge is 0.376 e. The molecule has 4 nitrogen and oxygen atoms in total. The molecule has 1 aliphatic heterocycles. The second-order valence-corrected chi connectivity index (χ2v) is 4.90. The van der Waals surface area contributed by atoms with Crippen LogP contribution >= 0.6 is 0 Å². The lowest BCUT2D eigenvalue weighted by molar-refractivity contribution is 0.0631. The molecule has 1 aliphatic rings. The third-order valence-electron chi connectivity index (χ3n) is 3.55. The van der Waals surface area contributed by atoms with E-state index >= 15 is 0 Å². The lowest BCUT2D eigenvalue weighted by atomic mass is 9.94. The molecule has 96 valence electrons. The molecule has 0 amide bonds. The van der Waals surface area contributed by atoms with Crippen molar-refractivity contribution in [3.8, 4) is 0 Å². The molecule has 2 rings (SSSR count). The van der Waals surface area contributed by atoms with Crippen LogP contribution in [0, 0.1) is 5.92 Å². The monoisotopic (exact) mass is 237 g/mol. The Hall–Kier alpha value is -0.870. The number of hydrogen-bond acceptors (Lipinski definition) is 3. The second-order valence-electron chi connectivity index (χ2n) is 4.90. The first-order valence-electron chi connectivity index (χ1n) is 6.57. The summed E-state index contributed by atoms with van der Waals surface area (Å²) >= 11 is 0. The summed E-state index contributed by atoms with van der Waals surface area (Å²) in [5, 5.41) is 7.76. The third kappa shape index (κ3) is 2.69. The average Bonchev–Trinajstić information content (AvgIpc) is 2.92. The molecule has 17 heavy (non-hydrogen) atoms. The van der Waals surface area contributed by atoms with Crippen molar-refractivity contribution in [3.63, 3.8) is 0 Å². The molecule has 0 bridgehead atoms. The van der Waals surface area contributed by atoms with Crippen LogP contribution in [-0.4, -0.2) is 29.5 Å². The van der Waals surface area contributed by atoms with Gasteiger partial charge in [-0.25, -0.2) is 0 Å². The fraction of sp³-hybridized carbons (Fsp3) is 0.769. The minimum Gasteiger partial charge on any atom is -0.376 e. The maximum absolute atomic E-state index is 5.84. The maximum atomic E-state index is 5.84. The Morgan fingerprint density at radius 3 is 3.06 bits per heavy atom. The van der Waals surface area contributed by atoms with Gasteiger partial charge in [0.25, 0.3) is 0 Å². The predicted octanol–water partition coefficient (Wildman–Crippen LogP) is 1.98. The Kier molecular flexibility index (Phi) is 4.18. The van der Waals surface area contributed by atoms with E-state index in [1.54, 1.807) is 0 Å². The first-order valence-corrected chi connectivity index (χ1v) is 6.57. The zero-order valence-electron chi connectivity index (χ0n) is 11.0. The van der Waals surface area contributed by atoms with Crippen molar-refractivity contribution in [1.82, 2.24) is 15.1 Å². The van der Waals surface area contributed by atoms with Gasteiger partial charge < -0.3 is 10.1 Å². The molecule has 0 aromatic carbocycles. The Bertz CT molecular complexity index is 350. The van der Waals surface area contributed by atoms with Crippen LogP contribution in [0.1, 0.15) is 38.3 Å². The highest BCUT2D eigenvalue weighted by molar-refractivity contribution is 5.13. The summed E-state index contributed by atoms with van der Waals surface area (Å²) in [6.07, 6.45) is 6.65. The Labute approximate surface area is 103 Å². The van der Waals surface area contributed by atoms with E-state index in [1.807, 2.05) is 17.9 Å². The van der Waals surface area contributed by atoms with Gasteiger partial charge in [-0.3, -0.25) is 4.68 Å². The molecule has 0 saturated carbocycles. The number of nitrogens with one attached hydrogen (secondary N) is 1. The summed E-state index contributed by atoms with van der Waals surface area (Å²) < 4.78 is 7.86. The Morgan fingerprint density at radius 2 is 2.47 bits per heavy atom. The first kappa shape index (κ1) is 12.6. The molecule has 1 fully saturated rings. The summed E-state index contributed by atoms with van der Waals surface area (Å²) in [6.45, 7) is 6.29. The van der Waals surface area contributed by atoms with Gasteiger partial charge >= 0.3 is 0 Å². The van der Waals surface area contributed by atoms with E-state index in [0.29, 0.717) is 5.92 Å². The van der Waals surface area contributed by atoms with E-state index in [1.165, 1.54) is 5.56 Å². The van der Waals surface area contributed by atoms with Crippen molar-refractivity contribution in [2.75, 3.05) is 13.7 Å². The van der Waals surface area contributed by atoms with Gasteiger partial charge in [0.2, 0.25) is 0 Å². The van der Waals surface area contributed by atoms with Crippen LogP contribution in [0.3, 0.4) is 0 Å². The second kappa shape index (κ2) is 5.65. The Balaban J connectivity index is 2.10. The summed E-state index contributed by atoms with van der Waals surface area (Å²) in [4.78, 5) is 0. The van der Waals surface area contributed by atoms with Crippen molar-refractivity contribution < 1.29 is 4.74 Å². The van der Waals surface area contributed by atoms with Gasteiger partial charge in [-0.2, -0.15) is 5.10 Å². The van der Waals surface area contributed by atoms with Crippen LogP contribution in [0.25, 0.3) is 0 Å². The molecular formula is C13H23N3O. The fourth-order valence-corrected chi connectivity index (χ4v) is 2.56. The normalized spacial score (nSPS) is 26.3. The summed E-state index contributed by atoms with van der Waals surface area (Å²) in [5.41, 5.74) is 1.24. The van der Waals surface area contributed by atoms with E-state index in [-0.39, 0.29) is 12.1 Å². The van der Waals surface area contributed by atoms with Gasteiger partial charge in [-0.05, 0) is 25.8 Å². The van der Waals surface area contributed by atoms with Gasteiger partial charge in [0.05, 0.1) is 18.3 Å². The van der Waals surface area contributed by atoms with Crippen LogP contribution in [0.5, 0.6) is 0 Å². The van der Waals surface area contributed by atoms with Gasteiger partial charge in [0, 0.05) is 24.9 Å². The number of likely N-dealkylation sites (N-methyl/N-ethyl adjacent to an activating group) is 1. The molecular weight excluding hydrogens is 214 g/mol. The number of nitrogens with zero attached hydrogens (tertiary/aromatic N) is 2. The molecule has 1 aromatic heterocycles. The van der Waals surface area contributed by atoms with Crippen molar-refractivity contribution in [1.29, 1.82) is 0 Å². The van der Waals surface area contributed by atoms with E-state index in [2.05, 4.69) is 30.5 Å². The lowest BCUT2D eigenvalue weighted by Gasteiger charge is -2.24. The maximum Gasteiger partial charge on any atom is 0.0797 e. The number of aryl methyl sites for hydroxylation is 1. The molecule has 1 N–H and O–H groups in total. The number of ether oxygens (including phenoxy) is 1.